The quantitative estimate of drug-likeness (QED) is 0.641. The Kier molecular flexibility index (Phi) is 3.45. The fraction of sp³-hybridized carbons (Fsp3) is 0.429. The molecule has 1 aromatic rings. The standard InChI is InChI=1S/C14H15ClN2O3S/c1-3-19-12(18)10-11-8-6-7(15)4-5-9(8)20-14(10,2)17-13(21)16-11/h4-6,10-11H,3H2,1-2H3,(H2,16,17,21). The molecule has 0 amide bonds. The molecule has 0 spiro atoms. The molecule has 0 radical (unpaired) electrons. The molecular formula is C14H15ClN2O3S. The van der Waals surface area contributed by atoms with Gasteiger partial charge in [0.15, 0.2) is 10.8 Å². The van der Waals surface area contributed by atoms with Gasteiger partial charge in [-0.3, -0.25) is 4.79 Å². The van der Waals surface area contributed by atoms with Crippen molar-refractivity contribution in [2.45, 2.75) is 25.6 Å². The zero-order valence-corrected chi connectivity index (χ0v) is 13.2. The maximum atomic E-state index is 12.4. The molecular weight excluding hydrogens is 312 g/mol. The summed E-state index contributed by atoms with van der Waals surface area (Å²) in [4.78, 5) is 12.4. The monoisotopic (exact) mass is 326 g/mol. The predicted octanol–water partition coefficient (Wildman–Crippen LogP) is 2.15. The SMILES string of the molecule is CCOC(=O)C1C2NC(=S)NC1(C)Oc1ccc(Cl)cc12. The molecule has 5 nitrogen and oxygen atoms in total. The second kappa shape index (κ2) is 5.03. The van der Waals surface area contributed by atoms with E-state index in [-0.39, 0.29) is 12.0 Å². The first-order chi connectivity index (χ1) is 9.94. The minimum Gasteiger partial charge on any atom is -0.467 e. The highest BCUT2D eigenvalue weighted by atomic mass is 35.5. The van der Waals surface area contributed by atoms with Crippen LogP contribution in [0.2, 0.25) is 5.02 Å². The number of esters is 1. The van der Waals surface area contributed by atoms with Crippen molar-refractivity contribution in [3.8, 4) is 5.75 Å². The van der Waals surface area contributed by atoms with Crippen LogP contribution in [0.4, 0.5) is 0 Å². The fourth-order valence-corrected chi connectivity index (χ4v) is 3.42. The molecule has 1 saturated heterocycles. The van der Waals surface area contributed by atoms with Gasteiger partial charge in [0.1, 0.15) is 11.7 Å². The summed E-state index contributed by atoms with van der Waals surface area (Å²) in [5, 5.41) is 7.18. The number of thiocarbonyl (C=S) groups is 1. The van der Waals surface area contributed by atoms with E-state index >= 15 is 0 Å². The second-order valence-electron chi connectivity index (χ2n) is 5.20. The van der Waals surface area contributed by atoms with Crippen LogP contribution in [0, 0.1) is 5.92 Å². The molecule has 2 heterocycles. The summed E-state index contributed by atoms with van der Waals surface area (Å²) in [6, 6.07) is 5.00. The van der Waals surface area contributed by atoms with E-state index in [1.54, 1.807) is 32.0 Å². The van der Waals surface area contributed by atoms with Gasteiger partial charge >= 0.3 is 5.97 Å². The molecule has 2 bridgehead atoms. The Balaban J connectivity index is 2.10. The van der Waals surface area contributed by atoms with E-state index in [1.807, 2.05) is 0 Å². The molecule has 3 unspecified atom stereocenters. The Morgan fingerprint density at radius 2 is 2.33 bits per heavy atom. The maximum Gasteiger partial charge on any atom is 0.317 e. The maximum absolute atomic E-state index is 12.4. The number of fused-ring (bicyclic) bond motifs is 4. The summed E-state index contributed by atoms with van der Waals surface area (Å²) in [5.74, 6) is -0.219. The van der Waals surface area contributed by atoms with E-state index in [4.69, 9.17) is 33.3 Å². The summed E-state index contributed by atoms with van der Waals surface area (Å²) < 4.78 is 11.2. The van der Waals surface area contributed by atoms with E-state index in [2.05, 4.69) is 10.6 Å². The van der Waals surface area contributed by atoms with Gasteiger partial charge in [0.25, 0.3) is 0 Å². The van der Waals surface area contributed by atoms with Crippen molar-refractivity contribution < 1.29 is 14.3 Å². The van der Waals surface area contributed by atoms with Crippen LogP contribution in [-0.4, -0.2) is 23.4 Å². The van der Waals surface area contributed by atoms with Gasteiger partial charge < -0.3 is 20.1 Å². The Bertz CT molecular complexity index is 624. The number of ether oxygens (including phenoxy) is 2. The van der Waals surface area contributed by atoms with Gasteiger partial charge in [-0.05, 0) is 44.3 Å². The third-order valence-electron chi connectivity index (χ3n) is 3.74. The highest BCUT2D eigenvalue weighted by molar-refractivity contribution is 7.80. The molecule has 3 rings (SSSR count). The number of carbonyl (C=O) groups excluding carboxylic acids is 1. The minimum absolute atomic E-state index is 0.310. The fourth-order valence-electron chi connectivity index (χ4n) is 2.90. The first-order valence-electron chi connectivity index (χ1n) is 6.68. The lowest BCUT2D eigenvalue weighted by atomic mass is 9.80. The summed E-state index contributed by atoms with van der Waals surface area (Å²) in [6.45, 7) is 3.88. The smallest absolute Gasteiger partial charge is 0.317 e. The van der Waals surface area contributed by atoms with Gasteiger partial charge in [0.05, 0.1) is 12.6 Å². The lowest BCUT2D eigenvalue weighted by Gasteiger charge is -2.50. The van der Waals surface area contributed by atoms with Crippen molar-refractivity contribution in [2.75, 3.05) is 6.61 Å². The summed E-state index contributed by atoms with van der Waals surface area (Å²) in [7, 11) is 0. The first kappa shape index (κ1) is 14.4. The molecule has 112 valence electrons. The molecule has 2 N–H and O–H groups in total. The van der Waals surface area contributed by atoms with E-state index < -0.39 is 11.6 Å². The van der Waals surface area contributed by atoms with Crippen molar-refractivity contribution in [3.05, 3.63) is 28.8 Å². The zero-order valence-electron chi connectivity index (χ0n) is 11.6. The van der Waals surface area contributed by atoms with E-state index in [0.29, 0.717) is 22.5 Å². The number of carbonyl (C=O) groups is 1. The van der Waals surface area contributed by atoms with Crippen LogP contribution >= 0.6 is 23.8 Å². The van der Waals surface area contributed by atoms with Crippen LogP contribution in [-0.2, 0) is 9.53 Å². The zero-order chi connectivity index (χ0) is 15.2. The Morgan fingerprint density at radius 3 is 3.05 bits per heavy atom. The molecule has 0 aliphatic carbocycles. The second-order valence-corrected chi connectivity index (χ2v) is 6.04. The van der Waals surface area contributed by atoms with Crippen LogP contribution in [0.5, 0.6) is 5.75 Å². The summed E-state index contributed by atoms with van der Waals surface area (Å²) in [5.41, 5.74) is -0.137. The largest absolute Gasteiger partial charge is 0.467 e. The number of hydrogen-bond donors (Lipinski definition) is 2. The van der Waals surface area contributed by atoms with Crippen LogP contribution in [0.15, 0.2) is 18.2 Å². The Morgan fingerprint density at radius 1 is 1.57 bits per heavy atom. The Hall–Kier alpha value is -1.53. The van der Waals surface area contributed by atoms with Crippen molar-refractivity contribution in [3.63, 3.8) is 0 Å². The molecule has 2 aliphatic rings. The third-order valence-corrected chi connectivity index (χ3v) is 4.20. The average Bonchev–Trinajstić information content (AvgIpc) is 2.38. The number of nitrogens with one attached hydrogen (secondary N) is 2. The van der Waals surface area contributed by atoms with Crippen LogP contribution in [0.1, 0.15) is 25.5 Å². The molecule has 0 saturated carbocycles. The Labute approximate surface area is 132 Å². The van der Waals surface area contributed by atoms with Crippen molar-refractivity contribution in [1.29, 1.82) is 0 Å². The lowest BCUT2D eigenvalue weighted by Crippen LogP contribution is -2.70. The van der Waals surface area contributed by atoms with Crippen molar-refractivity contribution in [2.24, 2.45) is 5.92 Å². The number of benzene rings is 1. The van der Waals surface area contributed by atoms with Crippen LogP contribution in [0.3, 0.4) is 0 Å². The molecule has 0 aromatic heterocycles. The minimum atomic E-state index is -0.944. The van der Waals surface area contributed by atoms with Crippen LogP contribution in [0.25, 0.3) is 0 Å². The lowest BCUT2D eigenvalue weighted by molar-refractivity contribution is -0.161. The van der Waals surface area contributed by atoms with E-state index in [0.717, 1.165) is 5.56 Å². The normalized spacial score (nSPS) is 29.6. The topological polar surface area (TPSA) is 59.6 Å². The van der Waals surface area contributed by atoms with Crippen molar-refractivity contribution in [1.82, 2.24) is 10.6 Å². The predicted molar refractivity (Wildman–Crippen MR) is 82.2 cm³/mol. The highest BCUT2D eigenvalue weighted by Crippen LogP contribution is 2.45. The third kappa shape index (κ3) is 2.32. The van der Waals surface area contributed by atoms with E-state index in [9.17, 15) is 4.79 Å². The molecule has 2 aliphatic heterocycles. The van der Waals surface area contributed by atoms with E-state index in [1.165, 1.54) is 0 Å². The summed E-state index contributed by atoms with van der Waals surface area (Å²) >= 11 is 11.3. The van der Waals surface area contributed by atoms with Gasteiger partial charge in [-0.1, -0.05) is 11.6 Å². The van der Waals surface area contributed by atoms with Crippen molar-refractivity contribution >= 4 is 34.9 Å². The average molecular weight is 327 g/mol. The molecule has 21 heavy (non-hydrogen) atoms. The molecule has 1 aromatic carbocycles. The summed E-state index contributed by atoms with van der Waals surface area (Å²) in [6.07, 6.45) is 0. The number of hydrogen-bond acceptors (Lipinski definition) is 4. The number of halogens is 1. The van der Waals surface area contributed by atoms with Gasteiger partial charge in [-0.25, -0.2) is 0 Å². The van der Waals surface area contributed by atoms with Gasteiger partial charge in [-0.15, -0.1) is 0 Å². The van der Waals surface area contributed by atoms with Crippen LogP contribution < -0.4 is 15.4 Å². The molecule has 7 heteroatoms. The first-order valence-corrected chi connectivity index (χ1v) is 7.47. The molecule has 1 fully saturated rings. The van der Waals surface area contributed by atoms with Gasteiger partial charge in [0, 0.05) is 10.6 Å². The highest BCUT2D eigenvalue weighted by Gasteiger charge is 2.55. The number of rotatable bonds is 2. The van der Waals surface area contributed by atoms with Gasteiger partial charge in [0.2, 0.25) is 0 Å². The molecule has 3 atom stereocenters. The van der Waals surface area contributed by atoms with Gasteiger partial charge in [-0.2, -0.15) is 0 Å².